The van der Waals surface area contributed by atoms with Gasteiger partial charge in [-0.1, -0.05) is 53.5 Å². The van der Waals surface area contributed by atoms with Gasteiger partial charge in [0.15, 0.2) is 5.78 Å². The Hall–Kier alpha value is -1.31. The fourth-order valence-corrected chi connectivity index (χ4v) is 3.27. The van der Waals surface area contributed by atoms with Crippen LogP contribution in [0.2, 0.25) is 10.0 Å². The summed E-state index contributed by atoms with van der Waals surface area (Å²) in [5.74, 6) is 0.399. The van der Waals surface area contributed by atoms with E-state index < -0.39 is 0 Å². The monoisotopic (exact) mass is 290 g/mol. The lowest BCUT2D eigenvalue weighted by molar-refractivity contribution is 0.0969. The van der Waals surface area contributed by atoms with Crippen molar-refractivity contribution >= 4 is 29.0 Å². The van der Waals surface area contributed by atoms with Gasteiger partial charge in [0.1, 0.15) is 0 Å². The second kappa shape index (κ2) is 4.99. The normalized spacial score (nSPS) is 18.2. The van der Waals surface area contributed by atoms with Crippen LogP contribution in [-0.4, -0.2) is 5.78 Å². The largest absolute Gasteiger partial charge is 0.294 e. The fourth-order valence-electron chi connectivity index (χ4n) is 2.73. The number of carbonyl (C=O) groups is 1. The summed E-state index contributed by atoms with van der Waals surface area (Å²) in [6.07, 6.45) is 1.37. The van der Waals surface area contributed by atoms with Crippen molar-refractivity contribution in [2.45, 2.75) is 18.8 Å². The summed E-state index contributed by atoms with van der Waals surface area (Å²) >= 11 is 12.2. The Kier molecular flexibility index (Phi) is 3.34. The maximum atomic E-state index is 11.9. The summed E-state index contributed by atoms with van der Waals surface area (Å²) < 4.78 is 0. The van der Waals surface area contributed by atoms with E-state index in [0.717, 1.165) is 23.1 Å². The summed E-state index contributed by atoms with van der Waals surface area (Å²) in [7, 11) is 0. The molecule has 0 spiro atoms. The topological polar surface area (TPSA) is 17.1 Å². The second-order valence-electron chi connectivity index (χ2n) is 4.77. The second-order valence-corrected chi connectivity index (χ2v) is 5.61. The molecule has 1 aliphatic rings. The van der Waals surface area contributed by atoms with Crippen LogP contribution in [0.15, 0.2) is 42.5 Å². The highest BCUT2D eigenvalue weighted by molar-refractivity contribution is 6.35. The van der Waals surface area contributed by atoms with Crippen LogP contribution in [0.4, 0.5) is 0 Å². The molecule has 0 aliphatic heterocycles. The Morgan fingerprint density at radius 1 is 1.00 bits per heavy atom. The average molecular weight is 291 g/mol. The van der Waals surface area contributed by atoms with Crippen molar-refractivity contribution in [2.75, 3.05) is 0 Å². The van der Waals surface area contributed by atoms with Crippen LogP contribution in [-0.2, 0) is 0 Å². The van der Waals surface area contributed by atoms with Crippen molar-refractivity contribution in [3.8, 4) is 0 Å². The predicted octanol–water partition coefficient (Wildman–Crippen LogP) is 5.10. The van der Waals surface area contributed by atoms with Gasteiger partial charge in [-0.3, -0.25) is 4.79 Å². The summed E-state index contributed by atoms with van der Waals surface area (Å²) in [4.78, 5) is 11.9. The van der Waals surface area contributed by atoms with Gasteiger partial charge in [0, 0.05) is 27.9 Å². The van der Waals surface area contributed by atoms with E-state index in [0.29, 0.717) is 16.5 Å². The minimum Gasteiger partial charge on any atom is -0.294 e. The molecule has 0 amide bonds. The number of benzene rings is 2. The third kappa shape index (κ3) is 2.29. The highest BCUT2D eigenvalue weighted by Gasteiger charge is 2.27. The Bertz CT molecular complexity index is 649. The van der Waals surface area contributed by atoms with E-state index >= 15 is 0 Å². The molecule has 0 heterocycles. The van der Waals surface area contributed by atoms with E-state index in [-0.39, 0.29) is 11.7 Å². The first kappa shape index (κ1) is 12.7. The molecular weight excluding hydrogens is 279 g/mol. The third-order valence-electron chi connectivity index (χ3n) is 3.63. The van der Waals surface area contributed by atoms with Crippen molar-refractivity contribution < 1.29 is 4.79 Å². The SMILES string of the molecule is O=C1CC[C@H](c2ccc(Cl)cc2Cl)c2ccccc21. The Labute approximate surface area is 122 Å². The molecule has 2 aromatic carbocycles. The number of carbonyl (C=O) groups excluding carboxylic acids is 1. The first-order chi connectivity index (χ1) is 9.16. The van der Waals surface area contributed by atoms with Gasteiger partial charge in [0.2, 0.25) is 0 Å². The van der Waals surface area contributed by atoms with Crippen LogP contribution < -0.4 is 0 Å². The zero-order valence-corrected chi connectivity index (χ0v) is 11.7. The molecule has 3 heteroatoms. The first-order valence-corrected chi connectivity index (χ1v) is 6.99. The zero-order chi connectivity index (χ0) is 13.4. The lowest BCUT2D eigenvalue weighted by Crippen LogP contribution is -2.16. The average Bonchev–Trinajstić information content (AvgIpc) is 2.41. The number of fused-ring (bicyclic) bond motifs is 1. The van der Waals surface area contributed by atoms with E-state index in [2.05, 4.69) is 0 Å². The minimum absolute atomic E-state index is 0.179. The number of rotatable bonds is 1. The van der Waals surface area contributed by atoms with E-state index in [4.69, 9.17) is 23.2 Å². The molecule has 3 rings (SSSR count). The molecule has 0 radical (unpaired) electrons. The van der Waals surface area contributed by atoms with E-state index in [1.165, 1.54) is 0 Å². The lowest BCUT2D eigenvalue weighted by Gasteiger charge is -2.25. The van der Waals surface area contributed by atoms with Gasteiger partial charge in [-0.25, -0.2) is 0 Å². The molecular formula is C16H12Cl2O. The van der Waals surface area contributed by atoms with Crippen molar-refractivity contribution in [2.24, 2.45) is 0 Å². The van der Waals surface area contributed by atoms with Gasteiger partial charge < -0.3 is 0 Å². The number of hydrogen-bond acceptors (Lipinski definition) is 1. The summed E-state index contributed by atoms with van der Waals surface area (Å²) in [5, 5.41) is 1.30. The van der Waals surface area contributed by atoms with Gasteiger partial charge in [-0.2, -0.15) is 0 Å². The highest BCUT2D eigenvalue weighted by atomic mass is 35.5. The maximum absolute atomic E-state index is 11.9. The van der Waals surface area contributed by atoms with Gasteiger partial charge in [0.25, 0.3) is 0 Å². The molecule has 1 aliphatic carbocycles. The molecule has 2 aromatic rings. The molecule has 1 nitrogen and oxygen atoms in total. The number of halogens is 2. The van der Waals surface area contributed by atoms with Crippen molar-refractivity contribution in [3.05, 3.63) is 69.2 Å². The standard InChI is InChI=1S/C16H12Cl2O/c17-10-5-6-13(15(18)9-10)12-7-8-16(19)14-4-2-1-3-11(12)14/h1-6,9,12H,7-8H2/t12-/m0/s1. The molecule has 19 heavy (non-hydrogen) atoms. The number of hydrogen-bond donors (Lipinski definition) is 0. The fraction of sp³-hybridized carbons (Fsp3) is 0.188. The smallest absolute Gasteiger partial charge is 0.163 e. The van der Waals surface area contributed by atoms with Crippen LogP contribution in [0.3, 0.4) is 0 Å². The van der Waals surface area contributed by atoms with Gasteiger partial charge in [-0.15, -0.1) is 0 Å². The van der Waals surface area contributed by atoms with E-state index in [1.807, 2.05) is 36.4 Å². The zero-order valence-electron chi connectivity index (χ0n) is 10.2. The van der Waals surface area contributed by atoms with Crippen molar-refractivity contribution in [1.82, 2.24) is 0 Å². The highest BCUT2D eigenvalue weighted by Crippen LogP contribution is 2.39. The Morgan fingerprint density at radius 3 is 2.58 bits per heavy atom. The predicted molar refractivity (Wildman–Crippen MR) is 78.3 cm³/mol. The molecule has 0 aromatic heterocycles. The first-order valence-electron chi connectivity index (χ1n) is 6.24. The molecule has 0 bridgehead atoms. The molecule has 0 N–H and O–H groups in total. The van der Waals surface area contributed by atoms with Crippen LogP contribution in [0.5, 0.6) is 0 Å². The molecule has 0 saturated carbocycles. The van der Waals surface area contributed by atoms with Crippen LogP contribution in [0.25, 0.3) is 0 Å². The quantitative estimate of drug-likeness (QED) is 0.714. The Balaban J connectivity index is 2.12. The Morgan fingerprint density at radius 2 is 1.79 bits per heavy atom. The summed E-state index contributed by atoms with van der Waals surface area (Å²) in [6, 6.07) is 13.4. The van der Waals surface area contributed by atoms with Gasteiger partial charge in [-0.05, 0) is 29.7 Å². The number of Topliss-reactive ketones (excluding diaryl/α,β-unsaturated/α-hetero) is 1. The van der Waals surface area contributed by atoms with Crippen molar-refractivity contribution in [1.29, 1.82) is 0 Å². The number of ketones is 1. The van der Waals surface area contributed by atoms with E-state index in [1.54, 1.807) is 6.07 Å². The van der Waals surface area contributed by atoms with Gasteiger partial charge in [0.05, 0.1) is 0 Å². The lowest BCUT2D eigenvalue weighted by atomic mass is 9.78. The summed E-state index contributed by atoms with van der Waals surface area (Å²) in [6.45, 7) is 0. The molecule has 1 atom stereocenters. The molecule has 0 unspecified atom stereocenters. The molecule has 96 valence electrons. The van der Waals surface area contributed by atoms with Crippen LogP contribution >= 0.6 is 23.2 Å². The van der Waals surface area contributed by atoms with Crippen LogP contribution in [0.1, 0.15) is 40.2 Å². The maximum Gasteiger partial charge on any atom is 0.163 e. The minimum atomic E-state index is 0.179. The van der Waals surface area contributed by atoms with Crippen molar-refractivity contribution in [3.63, 3.8) is 0 Å². The third-order valence-corrected chi connectivity index (χ3v) is 4.20. The van der Waals surface area contributed by atoms with Gasteiger partial charge >= 0.3 is 0 Å². The molecule has 0 fully saturated rings. The summed E-state index contributed by atoms with van der Waals surface area (Å²) in [5.41, 5.74) is 2.94. The van der Waals surface area contributed by atoms with Crippen LogP contribution in [0, 0.1) is 0 Å². The molecule has 0 saturated heterocycles. The van der Waals surface area contributed by atoms with E-state index in [9.17, 15) is 4.79 Å².